The molecule has 3 aromatic carbocycles. The van der Waals surface area contributed by atoms with Gasteiger partial charge in [0.25, 0.3) is 11.5 Å². The van der Waals surface area contributed by atoms with E-state index in [2.05, 4.69) is 10.3 Å². The van der Waals surface area contributed by atoms with Gasteiger partial charge in [-0.25, -0.2) is 0 Å². The average molecular weight is 480 g/mol. The van der Waals surface area contributed by atoms with Gasteiger partial charge < -0.3 is 19.8 Å². The molecule has 0 bridgehead atoms. The zero-order valence-corrected chi connectivity index (χ0v) is 19.9. The van der Waals surface area contributed by atoms with E-state index < -0.39 is 0 Å². The van der Waals surface area contributed by atoms with E-state index in [1.54, 1.807) is 28.8 Å². The summed E-state index contributed by atoms with van der Waals surface area (Å²) in [7, 11) is 0. The summed E-state index contributed by atoms with van der Waals surface area (Å²) in [6, 6.07) is 28.8. The zero-order chi connectivity index (χ0) is 25.1. The largest absolute Gasteiger partial charge is 0.491 e. The number of carbonyl (C=O) groups is 1. The first-order chi connectivity index (χ1) is 17.5. The second-order valence-electron chi connectivity index (χ2n) is 8.55. The molecular formula is C29H25N3O4. The monoisotopic (exact) mass is 479 g/mol. The van der Waals surface area contributed by atoms with Crippen molar-refractivity contribution in [1.82, 2.24) is 9.55 Å². The molecule has 7 heteroatoms. The van der Waals surface area contributed by atoms with Crippen LogP contribution in [0.15, 0.2) is 102 Å². The van der Waals surface area contributed by atoms with Crippen LogP contribution in [-0.2, 0) is 0 Å². The van der Waals surface area contributed by atoms with E-state index in [0.29, 0.717) is 34.2 Å². The minimum atomic E-state index is -0.331. The van der Waals surface area contributed by atoms with Crippen LogP contribution in [-0.4, -0.2) is 21.6 Å². The first kappa shape index (κ1) is 23.0. The first-order valence-electron chi connectivity index (χ1n) is 11.6. The number of H-pyrrole nitrogens is 1. The van der Waals surface area contributed by atoms with Crippen LogP contribution in [0.25, 0.3) is 16.7 Å². The smallest absolute Gasteiger partial charge is 0.272 e. The maximum absolute atomic E-state index is 13.0. The van der Waals surface area contributed by atoms with Gasteiger partial charge >= 0.3 is 0 Å². The molecule has 180 valence electrons. The van der Waals surface area contributed by atoms with Crippen molar-refractivity contribution in [2.45, 2.75) is 20.0 Å². The normalized spacial score (nSPS) is 11.0. The molecule has 2 N–H and O–H groups in total. The SMILES string of the molecule is CC(C)Oc1ccc(-n2c(=O)ccc3cc(C(=O)Nc4cccc(Oc5ccccc5)c4)[nH]c32)cc1. The van der Waals surface area contributed by atoms with Gasteiger partial charge in [0.1, 0.15) is 28.6 Å². The lowest BCUT2D eigenvalue weighted by molar-refractivity contribution is 0.102. The Morgan fingerprint density at radius 3 is 2.33 bits per heavy atom. The van der Waals surface area contributed by atoms with Gasteiger partial charge in [-0.2, -0.15) is 0 Å². The number of rotatable bonds is 7. The van der Waals surface area contributed by atoms with Crippen molar-refractivity contribution in [3.05, 3.63) is 113 Å². The Hall–Kier alpha value is -4.78. The van der Waals surface area contributed by atoms with E-state index >= 15 is 0 Å². The quantitative estimate of drug-likeness (QED) is 0.293. The first-order valence-corrected chi connectivity index (χ1v) is 11.6. The molecule has 1 amide bonds. The summed E-state index contributed by atoms with van der Waals surface area (Å²) in [5, 5.41) is 3.63. The topological polar surface area (TPSA) is 85.3 Å². The predicted molar refractivity (Wildman–Crippen MR) is 141 cm³/mol. The molecule has 0 aliphatic heterocycles. The third-order valence-electron chi connectivity index (χ3n) is 5.46. The van der Waals surface area contributed by atoms with Gasteiger partial charge in [0.2, 0.25) is 0 Å². The molecule has 0 aliphatic rings. The zero-order valence-electron chi connectivity index (χ0n) is 19.9. The lowest BCUT2D eigenvalue weighted by atomic mass is 10.2. The average Bonchev–Trinajstić information content (AvgIpc) is 3.30. The molecule has 0 saturated carbocycles. The van der Waals surface area contributed by atoms with Gasteiger partial charge in [-0.15, -0.1) is 0 Å². The number of aromatic nitrogens is 2. The maximum atomic E-state index is 13.0. The summed E-state index contributed by atoms with van der Waals surface area (Å²) >= 11 is 0. The Balaban J connectivity index is 1.40. The number of anilines is 1. The van der Waals surface area contributed by atoms with Gasteiger partial charge in [-0.05, 0) is 74.5 Å². The highest BCUT2D eigenvalue weighted by Gasteiger charge is 2.14. The molecule has 0 fully saturated rings. The highest BCUT2D eigenvalue weighted by atomic mass is 16.5. The van der Waals surface area contributed by atoms with E-state index in [-0.39, 0.29) is 17.6 Å². The van der Waals surface area contributed by atoms with Crippen molar-refractivity contribution >= 4 is 22.6 Å². The minimum Gasteiger partial charge on any atom is -0.491 e. The number of hydrogen-bond acceptors (Lipinski definition) is 4. The molecule has 0 saturated heterocycles. The molecule has 5 aromatic rings. The fraction of sp³-hybridized carbons (Fsp3) is 0.103. The second-order valence-corrected chi connectivity index (χ2v) is 8.55. The van der Waals surface area contributed by atoms with Crippen molar-refractivity contribution in [1.29, 1.82) is 0 Å². The number of fused-ring (bicyclic) bond motifs is 1. The maximum Gasteiger partial charge on any atom is 0.272 e. The number of ether oxygens (including phenoxy) is 2. The molecule has 0 unspecified atom stereocenters. The van der Waals surface area contributed by atoms with Crippen molar-refractivity contribution in [3.63, 3.8) is 0 Å². The van der Waals surface area contributed by atoms with Gasteiger partial charge in [0, 0.05) is 23.2 Å². The second kappa shape index (κ2) is 9.84. The predicted octanol–water partition coefficient (Wildman–Crippen LogP) is 6.15. The number of para-hydroxylation sites is 1. The Bertz CT molecular complexity index is 1570. The molecule has 0 atom stereocenters. The molecule has 2 aromatic heterocycles. The third-order valence-corrected chi connectivity index (χ3v) is 5.46. The summed E-state index contributed by atoms with van der Waals surface area (Å²) < 4.78 is 13.1. The Morgan fingerprint density at radius 2 is 1.58 bits per heavy atom. The fourth-order valence-electron chi connectivity index (χ4n) is 3.90. The minimum absolute atomic E-state index is 0.0528. The number of pyridine rings is 1. The number of aromatic amines is 1. The van der Waals surface area contributed by atoms with Crippen molar-refractivity contribution in [3.8, 4) is 22.9 Å². The number of benzene rings is 3. The summed E-state index contributed by atoms with van der Waals surface area (Å²) in [5.74, 6) is 1.70. The Labute approximate surface area is 207 Å². The van der Waals surface area contributed by atoms with Crippen LogP contribution in [0.2, 0.25) is 0 Å². The van der Waals surface area contributed by atoms with E-state index in [4.69, 9.17) is 9.47 Å². The van der Waals surface area contributed by atoms with Crippen LogP contribution in [0.3, 0.4) is 0 Å². The molecule has 2 heterocycles. The summed E-state index contributed by atoms with van der Waals surface area (Å²) in [6.45, 7) is 3.91. The highest BCUT2D eigenvalue weighted by molar-refractivity contribution is 6.05. The number of amides is 1. The fourth-order valence-corrected chi connectivity index (χ4v) is 3.90. The van der Waals surface area contributed by atoms with Gasteiger partial charge in [-0.1, -0.05) is 24.3 Å². The number of nitrogens with zero attached hydrogens (tertiary/aromatic N) is 1. The van der Waals surface area contributed by atoms with Gasteiger partial charge in [0.15, 0.2) is 0 Å². The molecular weight excluding hydrogens is 454 g/mol. The van der Waals surface area contributed by atoms with Crippen molar-refractivity contribution < 1.29 is 14.3 Å². The summed E-state index contributed by atoms with van der Waals surface area (Å²) in [4.78, 5) is 28.9. The summed E-state index contributed by atoms with van der Waals surface area (Å²) in [5.41, 5.74) is 1.91. The summed E-state index contributed by atoms with van der Waals surface area (Å²) in [6.07, 6.45) is 0.0528. The molecule has 5 rings (SSSR count). The van der Waals surface area contributed by atoms with Gasteiger partial charge in [-0.3, -0.25) is 14.2 Å². The lowest BCUT2D eigenvalue weighted by Gasteiger charge is -2.11. The van der Waals surface area contributed by atoms with Crippen LogP contribution in [0.4, 0.5) is 5.69 Å². The van der Waals surface area contributed by atoms with Crippen molar-refractivity contribution in [2.24, 2.45) is 0 Å². The van der Waals surface area contributed by atoms with Crippen LogP contribution in [0.5, 0.6) is 17.2 Å². The number of nitrogens with one attached hydrogen (secondary N) is 2. The molecule has 0 aliphatic carbocycles. The van der Waals surface area contributed by atoms with Crippen LogP contribution >= 0.6 is 0 Å². The van der Waals surface area contributed by atoms with Crippen LogP contribution < -0.4 is 20.3 Å². The van der Waals surface area contributed by atoms with Gasteiger partial charge in [0.05, 0.1) is 11.8 Å². The Kier molecular flexibility index (Phi) is 6.28. The molecule has 7 nitrogen and oxygen atoms in total. The lowest BCUT2D eigenvalue weighted by Crippen LogP contribution is -2.17. The van der Waals surface area contributed by atoms with E-state index in [9.17, 15) is 9.59 Å². The standard InChI is InChI=1S/C29H25N3O4/c1-19(2)35-24-14-12-22(13-15-24)32-27(33)16-11-20-17-26(31-28(20)32)29(34)30-21-7-6-10-25(18-21)36-23-8-4-3-5-9-23/h3-19,31H,1-2H3,(H,30,34). The highest BCUT2D eigenvalue weighted by Crippen LogP contribution is 2.25. The number of hydrogen-bond donors (Lipinski definition) is 2. The molecule has 36 heavy (non-hydrogen) atoms. The Morgan fingerprint density at radius 1 is 0.833 bits per heavy atom. The van der Waals surface area contributed by atoms with Crippen LogP contribution in [0.1, 0.15) is 24.3 Å². The van der Waals surface area contributed by atoms with Crippen LogP contribution in [0, 0.1) is 0 Å². The third kappa shape index (κ3) is 5.00. The molecule has 0 spiro atoms. The van der Waals surface area contributed by atoms with E-state index in [1.165, 1.54) is 6.07 Å². The molecule has 0 radical (unpaired) electrons. The van der Waals surface area contributed by atoms with Crippen molar-refractivity contribution in [2.75, 3.05) is 5.32 Å². The number of carbonyl (C=O) groups excluding carboxylic acids is 1. The van der Waals surface area contributed by atoms with E-state index in [0.717, 1.165) is 11.1 Å². The van der Waals surface area contributed by atoms with E-state index in [1.807, 2.05) is 80.6 Å².